The number of nitro groups is 1. The largest absolute Gasteiger partial charge is 0.506 e. The Morgan fingerprint density at radius 1 is 1.08 bits per heavy atom. The van der Waals surface area contributed by atoms with E-state index in [9.17, 15) is 24.8 Å². The van der Waals surface area contributed by atoms with Gasteiger partial charge in [-0.1, -0.05) is 17.7 Å². The predicted molar refractivity (Wildman–Crippen MR) is 88.2 cm³/mol. The van der Waals surface area contributed by atoms with Gasteiger partial charge in [0.05, 0.1) is 21.3 Å². The van der Waals surface area contributed by atoms with Gasteiger partial charge in [0.15, 0.2) is 0 Å². The molecule has 2 aromatic carbocycles. The molecule has 2 rings (SSSR count). The number of carbonyl (C=O) groups excluding carboxylic acids is 2. The Kier molecular flexibility index (Phi) is 5.00. The molecule has 2 amide bonds. The Balaban J connectivity index is 2.13. The topological polar surface area (TPSA) is 122 Å². The van der Waals surface area contributed by atoms with E-state index in [4.69, 9.17) is 11.6 Å². The van der Waals surface area contributed by atoms with Crippen molar-refractivity contribution in [1.82, 2.24) is 0 Å². The number of nitrogens with zero attached hydrogens (tertiary/aromatic N) is 1. The van der Waals surface area contributed by atoms with Crippen LogP contribution in [-0.4, -0.2) is 21.8 Å². The van der Waals surface area contributed by atoms with Crippen LogP contribution in [-0.2, 0) is 9.59 Å². The first-order valence-electron chi connectivity index (χ1n) is 6.64. The Labute approximate surface area is 141 Å². The highest BCUT2D eigenvalue weighted by Gasteiger charge is 2.18. The van der Waals surface area contributed by atoms with Crippen LogP contribution in [0.2, 0.25) is 5.02 Å². The van der Waals surface area contributed by atoms with Crippen LogP contribution in [0.25, 0.3) is 0 Å². The molecule has 0 radical (unpaired) electrons. The second-order valence-corrected chi connectivity index (χ2v) is 5.26. The molecule has 0 aliphatic rings. The van der Waals surface area contributed by atoms with Crippen LogP contribution in [0.3, 0.4) is 0 Å². The molecule has 0 bridgehead atoms. The van der Waals surface area contributed by atoms with Gasteiger partial charge in [0.2, 0.25) is 0 Å². The summed E-state index contributed by atoms with van der Waals surface area (Å²) in [6.45, 7) is 1.75. The molecule has 8 nitrogen and oxygen atoms in total. The van der Waals surface area contributed by atoms with Crippen molar-refractivity contribution in [3.05, 3.63) is 57.1 Å². The van der Waals surface area contributed by atoms with E-state index in [2.05, 4.69) is 10.6 Å². The van der Waals surface area contributed by atoms with Crippen LogP contribution < -0.4 is 10.6 Å². The average Bonchev–Trinajstić information content (AvgIpc) is 2.51. The minimum atomic E-state index is -1.09. The fraction of sp³-hybridized carbons (Fsp3) is 0.0667. The molecule has 0 saturated carbocycles. The van der Waals surface area contributed by atoms with E-state index in [-0.39, 0.29) is 27.8 Å². The summed E-state index contributed by atoms with van der Waals surface area (Å²) >= 11 is 5.84. The molecule has 0 spiro atoms. The molecule has 0 aliphatic carbocycles. The normalized spacial score (nSPS) is 10.1. The highest BCUT2D eigenvalue weighted by atomic mass is 35.5. The van der Waals surface area contributed by atoms with Gasteiger partial charge in [-0.15, -0.1) is 0 Å². The van der Waals surface area contributed by atoms with Gasteiger partial charge in [0.25, 0.3) is 5.69 Å². The van der Waals surface area contributed by atoms with Crippen molar-refractivity contribution in [1.29, 1.82) is 0 Å². The number of hydrogen-bond acceptors (Lipinski definition) is 5. The van der Waals surface area contributed by atoms with E-state index in [0.717, 1.165) is 11.6 Å². The van der Waals surface area contributed by atoms with Gasteiger partial charge in [-0.2, -0.15) is 0 Å². The molecule has 2 aromatic rings. The van der Waals surface area contributed by atoms with Crippen LogP contribution in [0.4, 0.5) is 17.1 Å². The highest BCUT2D eigenvalue weighted by Crippen LogP contribution is 2.27. The number of aryl methyl sites for hydroxylation is 1. The van der Waals surface area contributed by atoms with Gasteiger partial charge in [-0.25, -0.2) is 0 Å². The summed E-state index contributed by atoms with van der Waals surface area (Å²) < 4.78 is 0. The molecule has 24 heavy (non-hydrogen) atoms. The van der Waals surface area contributed by atoms with E-state index in [0.29, 0.717) is 0 Å². The number of aromatic hydroxyl groups is 1. The first-order valence-corrected chi connectivity index (χ1v) is 7.01. The van der Waals surface area contributed by atoms with Gasteiger partial charge < -0.3 is 15.7 Å². The molecular weight excluding hydrogens is 338 g/mol. The lowest BCUT2D eigenvalue weighted by Crippen LogP contribution is -2.29. The summed E-state index contributed by atoms with van der Waals surface area (Å²) in [7, 11) is 0. The Morgan fingerprint density at radius 3 is 2.29 bits per heavy atom. The predicted octanol–water partition coefficient (Wildman–Crippen LogP) is 2.84. The van der Waals surface area contributed by atoms with E-state index in [1.165, 1.54) is 24.3 Å². The van der Waals surface area contributed by atoms with Gasteiger partial charge in [-0.05, 0) is 30.7 Å². The summed E-state index contributed by atoms with van der Waals surface area (Å²) in [4.78, 5) is 33.8. The second kappa shape index (κ2) is 6.97. The van der Waals surface area contributed by atoms with Gasteiger partial charge in [0, 0.05) is 12.1 Å². The Morgan fingerprint density at radius 2 is 1.71 bits per heavy atom. The smallest absolute Gasteiger partial charge is 0.314 e. The fourth-order valence-corrected chi connectivity index (χ4v) is 1.99. The number of phenolic OH excluding ortho intramolecular Hbond substituents is 1. The zero-order valence-corrected chi connectivity index (χ0v) is 13.1. The van der Waals surface area contributed by atoms with Crippen molar-refractivity contribution in [3.63, 3.8) is 0 Å². The van der Waals surface area contributed by atoms with Gasteiger partial charge >= 0.3 is 11.8 Å². The molecule has 0 fully saturated rings. The molecule has 3 N–H and O–H groups in total. The SMILES string of the molecule is Cc1ccc(NC(=O)C(=O)Nc2cc([N+](=O)[O-])ccc2Cl)c(O)c1. The maximum absolute atomic E-state index is 11.9. The van der Waals surface area contributed by atoms with Crippen molar-refractivity contribution < 1.29 is 19.6 Å². The molecule has 0 aromatic heterocycles. The maximum atomic E-state index is 11.9. The number of non-ortho nitro benzene ring substituents is 1. The first-order chi connectivity index (χ1) is 11.3. The monoisotopic (exact) mass is 349 g/mol. The molecule has 124 valence electrons. The number of halogens is 1. The molecule has 0 atom stereocenters. The zero-order valence-electron chi connectivity index (χ0n) is 12.4. The Hall–Kier alpha value is -3.13. The van der Waals surface area contributed by atoms with Crippen LogP contribution in [0.5, 0.6) is 5.75 Å². The van der Waals surface area contributed by atoms with Crippen molar-refractivity contribution >= 4 is 40.5 Å². The number of rotatable bonds is 3. The van der Waals surface area contributed by atoms with Gasteiger partial charge in [-0.3, -0.25) is 19.7 Å². The van der Waals surface area contributed by atoms with Crippen molar-refractivity contribution in [2.45, 2.75) is 6.92 Å². The molecule has 0 aliphatic heterocycles. The molecule has 0 heterocycles. The van der Waals surface area contributed by atoms with Crippen molar-refractivity contribution in [2.24, 2.45) is 0 Å². The fourth-order valence-electron chi connectivity index (χ4n) is 1.83. The number of carbonyl (C=O) groups is 2. The summed E-state index contributed by atoms with van der Waals surface area (Å²) in [6, 6.07) is 7.95. The van der Waals surface area contributed by atoms with Gasteiger partial charge in [0.1, 0.15) is 5.75 Å². The molecule has 0 unspecified atom stereocenters. The van der Waals surface area contributed by atoms with E-state index in [1.54, 1.807) is 13.0 Å². The van der Waals surface area contributed by atoms with Crippen molar-refractivity contribution in [3.8, 4) is 5.75 Å². The quantitative estimate of drug-likeness (QED) is 0.340. The van der Waals surface area contributed by atoms with Crippen LogP contribution in [0.15, 0.2) is 36.4 Å². The number of benzene rings is 2. The first kappa shape index (κ1) is 17.2. The summed E-state index contributed by atoms with van der Waals surface area (Å²) in [5, 5.41) is 24.9. The lowest BCUT2D eigenvalue weighted by atomic mass is 10.2. The lowest BCUT2D eigenvalue weighted by Gasteiger charge is -2.09. The third kappa shape index (κ3) is 3.99. The van der Waals surface area contributed by atoms with E-state index in [1.807, 2.05) is 0 Å². The minimum absolute atomic E-state index is 0.0416. The number of nitro benzene ring substituents is 1. The number of phenols is 1. The minimum Gasteiger partial charge on any atom is -0.506 e. The van der Waals surface area contributed by atoms with Crippen molar-refractivity contribution in [2.75, 3.05) is 10.6 Å². The van der Waals surface area contributed by atoms with E-state index >= 15 is 0 Å². The van der Waals surface area contributed by atoms with Crippen LogP contribution in [0.1, 0.15) is 5.56 Å². The lowest BCUT2D eigenvalue weighted by molar-refractivity contribution is -0.384. The average molecular weight is 350 g/mol. The highest BCUT2D eigenvalue weighted by molar-refractivity contribution is 6.45. The number of anilines is 2. The third-order valence-electron chi connectivity index (χ3n) is 3.02. The zero-order chi connectivity index (χ0) is 17.9. The summed E-state index contributed by atoms with van der Waals surface area (Å²) in [5.74, 6) is -2.33. The Bertz CT molecular complexity index is 838. The number of hydrogen-bond donors (Lipinski definition) is 3. The molecule has 9 heteroatoms. The van der Waals surface area contributed by atoms with E-state index < -0.39 is 16.7 Å². The number of nitrogens with one attached hydrogen (secondary N) is 2. The molecular formula is C15H12ClN3O5. The second-order valence-electron chi connectivity index (χ2n) is 4.85. The summed E-state index contributed by atoms with van der Waals surface area (Å²) in [6.07, 6.45) is 0. The maximum Gasteiger partial charge on any atom is 0.314 e. The number of amides is 2. The third-order valence-corrected chi connectivity index (χ3v) is 3.35. The summed E-state index contributed by atoms with van der Waals surface area (Å²) in [5.41, 5.74) is 0.481. The van der Waals surface area contributed by atoms with Crippen LogP contribution >= 0.6 is 11.6 Å². The standard InChI is InChI=1S/C15H12ClN3O5/c1-8-2-5-11(13(20)6-8)17-14(21)15(22)18-12-7-9(19(23)24)3-4-10(12)16/h2-7,20H,1H3,(H,17,21)(H,18,22). The molecule has 0 saturated heterocycles. The van der Waals surface area contributed by atoms with Crippen LogP contribution in [0, 0.1) is 17.0 Å².